The number of rotatable bonds is 3. The zero-order chi connectivity index (χ0) is 11.3. The average Bonchev–Trinajstić information content (AvgIpc) is 2.01. The fraction of sp³-hybridized carbons (Fsp3) is 0.583. The fourth-order valence-corrected chi connectivity index (χ4v) is 0.764. The number of ether oxygens (including phenoxy) is 1. The van der Waals surface area contributed by atoms with E-state index in [0.29, 0.717) is 5.76 Å². The number of esters is 1. The molecule has 0 rings (SSSR count). The normalized spacial score (nSPS) is 9.64. The smallest absolute Gasteiger partial charge is 0.313 e. The number of carbonyl (C=O) groups is 1. The summed E-state index contributed by atoms with van der Waals surface area (Å²) >= 11 is 0. The SMILES string of the molecule is CC(C)=CC(OC(=O)C(C)C)=C(C)C. The van der Waals surface area contributed by atoms with Gasteiger partial charge in [-0.1, -0.05) is 19.4 Å². The Bertz CT molecular complexity index is 262. The predicted octanol–water partition coefficient (Wildman–Crippen LogP) is 3.45. The zero-order valence-electron chi connectivity index (χ0n) is 9.97. The Balaban J connectivity index is 4.67. The van der Waals surface area contributed by atoms with Crippen molar-refractivity contribution in [3.8, 4) is 0 Å². The van der Waals surface area contributed by atoms with Crippen LogP contribution >= 0.6 is 0 Å². The summed E-state index contributed by atoms with van der Waals surface area (Å²) in [4.78, 5) is 11.4. The first-order valence-electron chi connectivity index (χ1n) is 4.88. The van der Waals surface area contributed by atoms with Crippen molar-refractivity contribution >= 4 is 5.97 Å². The van der Waals surface area contributed by atoms with Crippen LogP contribution in [0.15, 0.2) is 23.0 Å². The first-order valence-corrected chi connectivity index (χ1v) is 4.88. The summed E-state index contributed by atoms with van der Waals surface area (Å²) in [5.74, 6) is 0.400. The van der Waals surface area contributed by atoms with Crippen molar-refractivity contribution in [3.05, 3.63) is 23.0 Å². The van der Waals surface area contributed by atoms with Crippen LogP contribution in [0, 0.1) is 5.92 Å². The standard InChI is InChI=1S/C12H20O2/c1-8(2)7-11(9(3)4)14-12(13)10(5)6/h7,10H,1-6H3. The number of hydrogen-bond donors (Lipinski definition) is 0. The minimum absolute atomic E-state index is 0.0880. The van der Waals surface area contributed by atoms with E-state index in [0.717, 1.165) is 11.1 Å². The van der Waals surface area contributed by atoms with Crippen molar-refractivity contribution in [2.75, 3.05) is 0 Å². The maximum atomic E-state index is 11.4. The van der Waals surface area contributed by atoms with Crippen LogP contribution in [0.25, 0.3) is 0 Å². The van der Waals surface area contributed by atoms with Gasteiger partial charge in [0.1, 0.15) is 5.76 Å². The molecule has 0 atom stereocenters. The zero-order valence-corrected chi connectivity index (χ0v) is 9.97. The molecule has 14 heavy (non-hydrogen) atoms. The molecule has 0 radical (unpaired) electrons. The van der Waals surface area contributed by atoms with Crippen molar-refractivity contribution in [2.45, 2.75) is 41.5 Å². The lowest BCUT2D eigenvalue weighted by atomic mass is 10.2. The van der Waals surface area contributed by atoms with Gasteiger partial charge in [-0.25, -0.2) is 0 Å². The fourth-order valence-electron chi connectivity index (χ4n) is 0.764. The third-order valence-electron chi connectivity index (χ3n) is 1.59. The van der Waals surface area contributed by atoms with E-state index >= 15 is 0 Å². The van der Waals surface area contributed by atoms with Gasteiger partial charge >= 0.3 is 5.97 Å². The second-order valence-electron chi connectivity index (χ2n) is 4.16. The van der Waals surface area contributed by atoms with E-state index in [1.807, 2.05) is 47.6 Å². The molecule has 0 aliphatic rings. The van der Waals surface area contributed by atoms with Crippen molar-refractivity contribution < 1.29 is 9.53 Å². The highest BCUT2D eigenvalue weighted by Crippen LogP contribution is 2.12. The lowest BCUT2D eigenvalue weighted by molar-refractivity contribution is -0.142. The van der Waals surface area contributed by atoms with Crippen LogP contribution in [0.5, 0.6) is 0 Å². The molecule has 2 nitrogen and oxygen atoms in total. The summed E-state index contributed by atoms with van der Waals surface area (Å²) in [5, 5.41) is 0. The van der Waals surface area contributed by atoms with Crippen molar-refractivity contribution in [1.82, 2.24) is 0 Å². The van der Waals surface area contributed by atoms with Crippen LogP contribution in [0.4, 0.5) is 0 Å². The van der Waals surface area contributed by atoms with Gasteiger partial charge in [-0.15, -0.1) is 0 Å². The molecule has 0 saturated carbocycles. The van der Waals surface area contributed by atoms with Gasteiger partial charge in [0.15, 0.2) is 0 Å². The van der Waals surface area contributed by atoms with Gasteiger partial charge in [0.2, 0.25) is 0 Å². The van der Waals surface area contributed by atoms with Crippen LogP contribution in [0.2, 0.25) is 0 Å². The number of allylic oxidation sites excluding steroid dienone is 3. The molecular formula is C12H20O2. The predicted molar refractivity (Wildman–Crippen MR) is 58.7 cm³/mol. The maximum absolute atomic E-state index is 11.4. The molecule has 0 aromatic rings. The molecule has 0 saturated heterocycles. The lowest BCUT2D eigenvalue weighted by Gasteiger charge is -2.09. The van der Waals surface area contributed by atoms with Gasteiger partial charge in [-0.2, -0.15) is 0 Å². The summed E-state index contributed by atoms with van der Waals surface area (Å²) in [6.45, 7) is 11.5. The van der Waals surface area contributed by atoms with E-state index < -0.39 is 0 Å². The Labute approximate surface area is 86.6 Å². The van der Waals surface area contributed by atoms with Crippen molar-refractivity contribution in [1.29, 1.82) is 0 Å². The number of carbonyl (C=O) groups excluding carboxylic acids is 1. The first-order chi connectivity index (χ1) is 6.34. The molecule has 0 bridgehead atoms. The molecule has 0 aromatic carbocycles. The molecule has 0 aromatic heterocycles. The average molecular weight is 196 g/mol. The van der Waals surface area contributed by atoms with E-state index in [4.69, 9.17) is 4.74 Å². The Morgan fingerprint density at radius 2 is 1.64 bits per heavy atom. The first kappa shape index (κ1) is 12.9. The third-order valence-corrected chi connectivity index (χ3v) is 1.59. The van der Waals surface area contributed by atoms with Gasteiger partial charge in [0.25, 0.3) is 0 Å². The second kappa shape index (κ2) is 5.63. The maximum Gasteiger partial charge on any atom is 0.313 e. The molecule has 0 aliphatic carbocycles. The van der Waals surface area contributed by atoms with Gasteiger partial charge in [-0.05, 0) is 39.3 Å². The molecule has 0 fully saturated rings. The topological polar surface area (TPSA) is 26.3 Å². The third kappa shape index (κ3) is 4.85. The van der Waals surface area contributed by atoms with E-state index in [-0.39, 0.29) is 11.9 Å². The summed E-state index contributed by atoms with van der Waals surface area (Å²) in [7, 11) is 0. The highest BCUT2D eigenvalue weighted by molar-refractivity contribution is 5.73. The molecule has 0 N–H and O–H groups in total. The van der Waals surface area contributed by atoms with E-state index in [2.05, 4.69) is 0 Å². The van der Waals surface area contributed by atoms with E-state index in [1.165, 1.54) is 0 Å². The highest BCUT2D eigenvalue weighted by Gasteiger charge is 2.10. The van der Waals surface area contributed by atoms with Crippen LogP contribution in [0.1, 0.15) is 41.5 Å². The summed E-state index contributed by atoms with van der Waals surface area (Å²) < 4.78 is 5.25. The molecule has 80 valence electrons. The monoisotopic (exact) mass is 196 g/mol. The number of hydrogen-bond acceptors (Lipinski definition) is 2. The van der Waals surface area contributed by atoms with E-state index in [9.17, 15) is 4.79 Å². The van der Waals surface area contributed by atoms with Crippen LogP contribution in [-0.2, 0) is 9.53 Å². The van der Waals surface area contributed by atoms with Gasteiger partial charge in [0.05, 0.1) is 5.92 Å². The van der Waals surface area contributed by atoms with Crippen LogP contribution in [0.3, 0.4) is 0 Å². The molecule has 0 amide bonds. The molecule has 0 unspecified atom stereocenters. The Morgan fingerprint density at radius 3 is 1.93 bits per heavy atom. The van der Waals surface area contributed by atoms with E-state index in [1.54, 1.807) is 0 Å². The van der Waals surface area contributed by atoms with Crippen molar-refractivity contribution in [2.24, 2.45) is 5.92 Å². The lowest BCUT2D eigenvalue weighted by Crippen LogP contribution is -2.11. The van der Waals surface area contributed by atoms with Crippen LogP contribution in [-0.4, -0.2) is 5.97 Å². The Kier molecular flexibility index (Phi) is 5.21. The Morgan fingerprint density at radius 1 is 1.14 bits per heavy atom. The largest absolute Gasteiger partial charge is 0.426 e. The second-order valence-corrected chi connectivity index (χ2v) is 4.16. The quantitative estimate of drug-likeness (QED) is 0.392. The summed E-state index contributed by atoms with van der Waals surface area (Å²) in [5.41, 5.74) is 2.14. The molecule has 2 heteroatoms. The summed E-state index contributed by atoms with van der Waals surface area (Å²) in [6.07, 6.45) is 1.88. The minimum Gasteiger partial charge on any atom is -0.426 e. The van der Waals surface area contributed by atoms with Gasteiger partial charge < -0.3 is 4.74 Å². The summed E-state index contributed by atoms with van der Waals surface area (Å²) in [6, 6.07) is 0. The molecule has 0 aliphatic heterocycles. The Hall–Kier alpha value is -1.05. The molecule has 0 spiro atoms. The molecule has 0 heterocycles. The van der Waals surface area contributed by atoms with Crippen LogP contribution < -0.4 is 0 Å². The molecular weight excluding hydrogens is 176 g/mol. The van der Waals surface area contributed by atoms with Crippen molar-refractivity contribution in [3.63, 3.8) is 0 Å². The van der Waals surface area contributed by atoms with Gasteiger partial charge in [0, 0.05) is 0 Å². The highest BCUT2D eigenvalue weighted by atomic mass is 16.5. The van der Waals surface area contributed by atoms with Gasteiger partial charge in [-0.3, -0.25) is 4.79 Å². The minimum atomic E-state index is -0.182.